The first kappa shape index (κ1) is 13.0. The van der Waals surface area contributed by atoms with E-state index in [9.17, 15) is 0 Å². The van der Waals surface area contributed by atoms with Crippen molar-refractivity contribution in [3.8, 4) is 0 Å². The zero-order chi connectivity index (χ0) is 12.8. The molecule has 2 rings (SSSR count). The van der Waals surface area contributed by atoms with Crippen LogP contribution in [0.15, 0.2) is 6.33 Å². The molecular weight excluding hydrogens is 228 g/mol. The highest BCUT2D eigenvalue weighted by Crippen LogP contribution is 2.22. The zero-order valence-electron chi connectivity index (χ0n) is 10.9. The lowest BCUT2D eigenvalue weighted by molar-refractivity contribution is 0.272. The maximum Gasteiger partial charge on any atom is 0.149 e. The standard InChI is InChI=1S/C12H22N6/c1-2-6-10-11(16-13)14-9-15-12(10)17-18-7-4-3-5-8-18/h9H,2-8,13H2,1H3,(H2,14,15,16,17). The number of anilines is 2. The number of rotatable bonds is 5. The summed E-state index contributed by atoms with van der Waals surface area (Å²) in [7, 11) is 0. The molecule has 0 saturated carbocycles. The van der Waals surface area contributed by atoms with Gasteiger partial charge in [0.2, 0.25) is 0 Å². The summed E-state index contributed by atoms with van der Waals surface area (Å²) in [5.41, 5.74) is 7.11. The Kier molecular flexibility index (Phi) is 4.72. The fraction of sp³-hybridized carbons (Fsp3) is 0.667. The summed E-state index contributed by atoms with van der Waals surface area (Å²) in [5, 5.41) is 2.23. The van der Waals surface area contributed by atoms with Crippen molar-refractivity contribution in [2.75, 3.05) is 23.9 Å². The number of nitrogens with zero attached hydrogens (tertiary/aromatic N) is 3. The van der Waals surface area contributed by atoms with Crippen molar-refractivity contribution in [3.05, 3.63) is 11.9 Å². The maximum absolute atomic E-state index is 5.50. The number of nitrogens with one attached hydrogen (secondary N) is 2. The molecule has 1 saturated heterocycles. The summed E-state index contributed by atoms with van der Waals surface area (Å²) in [5.74, 6) is 7.09. The van der Waals surface area contributed by atoms with E-state index in [4.69, 9.17) is 5.84 Å². The second-order valence-corrected chi connectivity index (χ2v) is 4.60. The minimum absolute atomic E-state index is 0.714. The van der Waals surface area contributed by atoms with Gasteiger partial charge in [0.25, 0.3) is 0 Å². The van der Waals surface area contributed by atoms with E-state index in [1.807, 2.05) is 0 Å². The smallest absolute Gasteiger partial charge is 0.149 e. The van der Waals surface area contributed by atoms with Crippen LogP contribution in [0.3, 0.4) is 0 Å². The number of hydrazine groups is 2. The molecule has 1 aromatic heterocycles. The third-order valence-electron chi connectivity index (χ3n) is 3.20. The number of nitrogens with two attached hydrogens (primary N) is 1. The van der Waals surface area contributed by atoms with Crippen LogP contribution in [0.2, 0.25) is 0 Å². The summed E-state index contributed by atoms with van der Waals surface area (Å²) in [6.45, 7) is 4.28. The molecule has 0 amide bonds. The first-order chi connectivity index (χ1) is 8.85. The van der Waals surface area contributed by atoms with Gasteiger partial charge in [-0.25, -0.2) is 20.8 Å². The van der Waals surface area contributed by atoms with E-state index < -0.39 is 0 Å². The second kappa shape index (κ2) is 6.51. The summed E-state index contributed by atoms with van der Waals surface area (Å²) in [6.07, 6.45) is 7.29. The third kappa shape index (κ3) is 3.08. The lowest BCUT2D eigenvalue weighted by Crippen LogP contribution is -2.35. The van der Waals surface area contributed by atoms with E-state index >= 15 is 0 Å². The summed E-state index contributed by atoms with van der Waals surface area (Å²) >= 11 is 0. The van der Waals surface area contributed by atoms with Gasteiger partial charge in [-0.15, -0.1) is 0 Å². The van der Waals surface area contributed by atoms with Crippen LogP contribution in [0.5, 0.6) is 0 Å². The fourth-order valence-electron chi connectivity index (χ4n) is 2.28. The average molecular weight is 250 g/mol. The van der Waals surface area contributed by atoms with Gasteiger partial charge in [0.05, 0.1) is 0 Å². The van der Waals surface area contributed by atoms with Gasteiger partial charge in [-0.3, -0.25) is 0 Å². The molecule has 0 radical (unpaired) electrons. The Bertz CT molecular complexity index is 375. The second-order valence-electron chi connectivity index (χ2n) is 4.60. The van der Waals surface area contributed by atoms with Gasteiger partial charge in [-0.2, -0.15) is 0 Å². The number of nitrogen functional groups attached to an aromatic ring is 1. The number of piperidine rings is 1. The van der Waals surface area contributed by atoms with Crippen LogP contribution in [0.4, 0.5) is 11.6 Å². The van der Waals surface area contributed by atoms with Gasteiger partial charge in [-0.1, -0.05) is 19.8 Å². The Morgan fingerprint density at radius 1 is 1.22 bits per heavy atom. The normalized spacial score (nSPS) is 16.6. The summed E-state index contributed by atoms with van der Waals surface area (Å²) < 4.78 is 0. The highest BCUT2D eigenvalue weighted by Gasteiger charge is 2.14. The molecule has 0 bridgehead atoms. The molecule has 0 aliphatic carbocycles. The number of aromatic nitrogens is 2. The molecule has 2 heterocycles. The fourth-order valence-corrected chi connectivity index (χ4v) is 2.28. The molecule has 0 spiro atoms. The Balaban J connectivity index is 2.14. The predicted molar refractivity (Wildman–Crippen MR) is 72.9 cm³/mol. The lowest BCUT2D eigenvalue weighted by atomic mass is 10.1. The Labute approximate surface area is 108 Å². The molecular formula is C12H22N6. The third-order valence-corrected chi connectivity index (χ3v) is 3.20. The quantitative estimate of drug-likeness (QED) is 0.543. The first-order valence-electron chi connectivity index (χ1n) is 6.67. The van der Waals surface area contributed by atoms with Gasteiger partial charge >= 0.3 is 0 Å². The highest BCUT2D eigenvalue weighted by atomic mass is 15.5. The van der Waals surface area contributed by atoms with Crippen molar-refractivity contribution in [3.63, 3.8) is 0 Å². The van der Waals surface area contributed by atoms with Crippen LogP contribution in [0.1, 0.15) is 38.2 Å². The Hall–Kier alpha value is -1.40. The van der Waals surface area contributed by atoms with E-state index in [1.165, 1.54) is 19.3 Å². The largest absolute Gasteiger partial charge is 0.308 e. The van der Waals surface area contributed by atoms with Crippen LogP contribution in [0.25, 0.3) is 0 Å². The molecule has 0 aromatic carbocycles. The van der Waals surface area contributed by atoms with E-state index in [1.54, 1.807) is 6.33 Å². The SMILES string of the molecule is CCCc1c(NN)ncnc1NN1CCCCC1. The highest BCUT2D eigenvalue weighted by molar-refractivity contribution is 5.56. The molecule has 1 aromatic rings. The molecule has 100 valence electrons. The molecule has 1 aliphatic heterocycles. The lowest BCUT2D eigenvalue weighted by Gasteiger charge is -2.28. The minimum Gasteiger partial charge on any atom is -0.308 e. The molecule has 0 atom stereocenters. The molecule has 4 N–H and O–H groups in total. The van der Waals surface area contributed by atoms with Crippen LogP contribution in [-0.4, -0.2) is 28.1 Å². The van der Waals surface area contributed by atoms with Gasteiger partial charge in [0.15, 0.2) is 0 Å². The van der Waals surface area contributed by atoms with Crippen molar-refractivity contribution < 1.29 is 0 Å². The van der Waals surface area contributed by atoms with Crippen LogP contribution < -0.4 is 16.7 Å². The van der Waals surface area contributed by atoms with Crippen molar-refractivity contribution >= 4 is 11.6 Å². The van der Waals surface area contributed by atoms with Crippen molar-refractivity contribution in [2.24, 2.45) is 5.84 Å². The Morgan fingerprint density at radius 3 is 2.61 bits per heavy atom. The summed E-state index contributed by atoms with van der Waals surface area (Å²) in [6, 6.07) is 0. The molecule has 0 unspecified atom stereocenters. The zero-order valence-corrected chi connectivity index (χ0v) is 10.9. The molecule has 6 heteroatoms. The van der Waals surface area contributed by atoms with Crippen LogP contribution in [0, 0.1) is 0 Å². The monoisotopic (exact) mass is 250 g/mol. The average Bonchev–Trinajstić information content (AvgIpc) is 2.42. The van der Waals surface area contributed by atoms with Crippen molar-refractivity contribution in [1.82, 2.24) is 15.0 Å². The van der Waals surface area contributed by atoms with Crippen LogP contribution >= 0.6 is 0 Å². The molecule has 1 fully saturated rings. The first-order valence-corrected chi connectivity index (χ1v) is 6.67. The van der Waals surface area contributed by atoms with E-state index in [0.717, 1.165) is 37.3 Å². The molecule has 1 aliphatic rings. The van der Waals surface area contributed by atoms with Crippen molar-refractivity contribution in [1.29, 1.82) is 0 Å². The number of hydrogen-bond donors (Lipinski definition) is 3. The maximum atomic E-state index is 5.50. The number of hydrogen-bond acceptors (Lipinski definition) is 6. The summed E-state index contributed by atoms with van der Waals surface area (Å²) in [4.78, 5) is 8.50. The minimum atomic E-state index is 0.714. The van der Waals surface area contributed by atoms with E-state index in [2.05, 4.69) is 32.8 Å². The predicted octanol–water partition coefficient (Wildman–Crippen LogP) is 1.53. The topological polar surface area (TPSA) is 79.1 Å². The Morgan fingerprint density at radius 2 is 1.94 bits per heavy atom. The van der Waals surface area contributed by atoms with Gasteiger partial charge < -0.3 is 10.9 Å². The van der Waals surface area contributed by atoms with Gasteiger partial charge in [0.1, 0.15) is 18.0 Å². The van der Waals surface area contributed by atoms with Gasteiger partial charge in [0, 0.05) is 18.7 Å². The van der Waals surface area contributed by atoms with E-state index in [0.29, 0.717) is 5.82 Å². The molecule has 6 nitrogen and oxygen atoms in total. The van der Waals surface area contributed by atoms with Crippen LogP contribution in [-0.2, 0) is 6.42 Å². The molecule has 18 heavy (non-hydrogen) atoms. The van der Waals surface area contributed by atoms with Gasteiger partial charge in [-0.05, 0) is 19.3 Å². The van der Waals surface area contributed by atoms with Crippen molar-refractivity contribution in [2.45, 2.75) is 39.0 Å². The van der Waals surface area contributed by atoms with E-state index in [-0.39, 0.29) is 0 Å².